The second-order valence-corrected chi connectivity index (χ2v) is 7.85. The summed E-state index contributed by atoms with van der Waals surface area (Å²) in [6.45, 7) is 16.6. The monoisotopic (exact) mass is 290 g/mol. The lowest BCUT2D eigenvalue weighted by molar-refractivity contribution is -0.0492. The summed E-state index contributed by atoms with van der Waals surface area (Å²) in [6.07, 6.45) is 5.25. The number of hydrogen-bond donors (Lipinski definition) is 0. The lowest BCUT2D eigenvalue weighted by Crippen LogP contribution is -2.60. The van der Waals surface area contributed by atoms with Gasteiger partial charge in [0, 0.05) is 25.6 Å². The minimum absolute atomic E-state index is 0.572. The van der Waals surface area contributed by atoms with Crippen molar-refractivity contribution in [2.45, 2.75) is 53.4 Å². The molecule has 2 saturated heterocycles. The molecular formula is C19H34N2. The highest BCUT2D eigenvalue weighted by atomic mass is 15.2. The zero-order valence-electron chi connectivity index (χ0n) is 14.6. The van der Waals surface area contributed by atoms with Gasteiger partial charge in [0.2, 0.25) is 0 Å². The van der Waals surface area contributed by atoms with Gasteiger partial charge in [-0.25, -0.2) is 0 Å². The maximum atomic E-state index is 3.41. The van der Waals surface area contributed by atoms with Gasteiger partial charge in [0.25, 0.3) is 0 Å². The Morgan fingerprint density at radius 1 is 1.05 bits per heavy atom. The Labute approximate surface area is 132 Å². The fourth-order valence-corrected chi connectivity index (χ4v) is 3.89. The molecule has 2 aliphatic rings. The van der Waals surface area contributed by atoms with Crippen molar-refractivity contribution in [3.63, 3.8) is 0 Å². The molecule has 0 saturated carbocycles. The van der Waals surface area contributed by atoms with Gasteiger partial charge >= 0.3 is 0 Å². The van der Waals surface area contributed by atoms with Gasteiger partial charge in [0.1, 0.15) is 0 Å². The molecule has 1 atom stereocenters. The summed E-state index contributed by atoms with van der Waals surface area (Å²) in [4.78, 5) is 5.20. The lowest BCUT2D eigenvalue weighted by Gasteiger charge is -2.54. The maximum Gasteiger partial charge on any atom is 0.0601 e. The summed E-state index contributed by atoms with van der Waals surface area (Å²) in [6, 6.07) is 0. The molecule has 0 aromatic heterocycles. The average Bonchev–Trinajstić information content (AvgIpc) is 2.39. The van der Waals surface area contributed by atoms with Crippen LogP contribution in [0.2, 0.25) is 0 Å². The number of rotatable bonds is 5. The van der Waals surface area contributed by atoms with Crippen LogP contribution in [0.1, 0.15) is 53.4 Å². The minimum Gasteiger partial charge on any atom is -0.302 e. The number of piperidine rings is 1. The van der Waals surface area contributed by atoms with Crippen LogP contribution in [0.3, 0.4) is 0 Å². The van der Waals surface area contributed by atoms with Crippen LogP contribution in [0.5, 0.6) is 0 Å². The van der Waals surface area contributed by atoms with E-state index in [1.54, 1.807) is 0 Å². The Morgan fingerprint density at radius 2 is 1.71 bits per heavy atom. The van der Waals surface area contributed by atoms with Gasteiger partial charge in [-0.1, -0.05) is 46.0 Å². The first-order valence-electron chi connectivity index (χ1n) is 8.96. The smallest absolute Gasteiger partial charge is 0.0601 e. The second-order valence-electron chi connectivity index (χ2n) is 7.85. The SMILES string of the molecule is CCCC(C)C#CCN1CCC2(CC1)CN(CC(C)C)C2. The van der Waals surface area contributed by atoms with E-state index in [2.05, 4.69) is 49.3 Å². The van der Waals surface area contributed by atoms with Crippen molar-refractivity contribution in [3.05, 3.63) is 0 Å². The Morgan fingerprint density at radius 3 is 2.29 bits per heavy atom. The summed E-state index contributed by atoms with van der Waals surface area (Å²) in [7, 11) is 0. The van der Waals surface area contributed by atoms with Gasteiger partial charge in [-0.2, -0.15) is 0 Å². The molecule has 0 bridgehead atoms. The van der Waals surface area contributed by atoms with Crippen molar-refractivity contribution >= 4 is 0 Å². The fourth-order valence-electron chi connectivity index (χ4n) is 3.89. The van der Waals surface area contributed by atoms with Crippen LogP contribution in [0.25, 0.3) is 0 Å². The van der Waals surface area contributed by atoms with Crippen LogP contribution >= 0.6 is 0 Å². The zero-order valence-corrected chi connectivity index (χ0v) is 14.6. The van der Waals surface area contributed by atoms with Crippen molar-refractivity contribution in [2.75, 3.05) is 39.3 Å². The molecule has 0 N–H and O–H groups in total. The van der Waals surface area contributed by atoms with E-state index in [9.17, 15) is 0 Å². The third kappa shape index (κ3) is 5.01. The van der Waals surface area contributed by atoms with E-state index in [1.165, 1.54) is 58.4 Å². The standard InChI is InChI=1S/C19H34N2/c1-5-7-18(4)8-6-11-20-12-9-19(10-13-20)15-21(16-19)14-17(2)3/h17-18H,5,7,9-16H2,1-4H3. The molecule has 1 unspecified atom stereocenters. The van der Waals surface area contributed by atoms with Crippen molar-refractivity contribution in [3.8, 4) is 11.8 Å². The van der Waals surface area contributed by atoms with Gasteiger partial charge in [-0.05, 0) is 43.7 Å². The Hall–Kier alpha value is -0.520. The van der Waals surface area contributed by atoms with E-state index in [0.717, 1.165) is 12.5 Å². The summed E-state index contributed by atoms with van der Waals surface area (Å²) in [5.74, 6) is 8.19. The van der Waals surface area contributed by atoms with Gasteiger partial charge in [0.05, 0.1) is 6.54 Å². The normalized spacial score (nSPS) is 23.7. The highest BCUT2D eigenvalue weighted by Gasteiger charge is 2.44. The van der Waals surface area contributed by atoms with Crippen molar-refractivity contribution in [1.29, 1.82) is 0 Å². The van der Waals surface area contributed by atoms with E-state index in [4.69, 9.17) is 0 Å². The molecule has 1 spiro atoms. The van der Waals surface area contributed by atoms with Crippen molar-refractivity contribution in [2.24, 2.45) is 17.3 Å². The molecule has 2 fully saturated rings. The largest absolute Gasteiger partial charge is 0.302 e. The van der Waals surface area contributed by atoms with Gasteiger partial charge < -0.3 is 4.90 Å². The van der Waals surface area contributed by atoms with Gasteiger partial charge in [-0.15, -0.1) is 0 Å². The van der Waals surface area contributed by atoms with Crippen LogP contribution in [0.4, 0.5) is 0 Å². The molecule has 2 heterocycles. The number of nitrogens with zero attached hydrogens (tertiary/aromatic N) is 2. The Kier molecular flexibility index (Phi) is 6.14. The lowest BCUT2D eigenvalue weighted by atomic mass is 9.72. The van der Waals surface area contributed by atoms with Crippen LogP contribution < -0.4 is 0 Å². The van der Waals surface area contributed by atoms with E-state index in [1.807, 2.05) is 0 Å². The molecule has 2 rings (SSSR count). The van der Waals surface area contributed by atoms with E-state index in [-0.39, 0.29) is 0 Å². The molecule has 120 valence electrons. The van der Waals surface area contributed by atoms with Crippen molar-refractivity contribution < 1.29 is 0 Å². The molecule has 2 heteroatoms. The second kappa shape index (κ2) is 7.65. The molecule has 0 radical (unpaired) electrons. The van der Waals surface area contributed by atoms with Gasteiger partial charge in [-0.3, -0.25) is 4.90 Å². The first-order valence-corrected chi connectivity index (χ1v) is 8.96. The molecule has 0 aromatic rings. The number of hydrogen-bond acceptors (Lipinski definition) is 2. The fraction of sp³-hybridized carbons (Fsp3) is 0.895. The first kappa shape index (κ1) is 16.8. The van der Waals surface area contributed by atoms with E-state index < -0.39 is 0 Å². The minimum atomic E-state index is 0.572. The topological polar surface area (TPSA) is 6.48 Å². The van der Waals surface area contributed by atoms with E-state index in [0.29, 0.717) is 11.3 Å². The molecule has 0 amide bonds. The third-order valence-corrected chi connectivity index (χ3v) is 5.03. The third-order valence-electron chi connectivity index (χ3n) is 5.03. The number of likely N-dealkylation sites (tertiary alicyclic amines) is 2. The maximum absolute atomic E-state index is 3.41. The Bertz CT molecular complexity index is 361. The van der Waals surface area contributed by atoms with Crippen LogP contribution in [0.15, 0.2) is 0 Å². The highest BCUT2D eigenvalue weighted by Crippen LogP contribution is 2.40. The summed E-state index contributed by atoms with van der Waals surface area (Å²) in [5.41, 5.74) is 0.661. The molecule has 21 heavy (non-hydrogen) atoms. The van der Waals surface area contributed by atoms with Gasteiger partial charge in [0.15, 0.2) is 0 Å². The molecule has 2 aliphatic heterocycles. The van der Waals surface area contributed by atoms with Crippen LogP contribution in [0, 0.1) is 29.1 Å². The molecule has 2 nitrogen and oxygen atoms in total. The summed E-state index contributed by atoms with van der Waals surface area (Å²) >= 11 is 0. The predicted octanol–water partition coefficient (Wildman–Crippen LogP) is 3.48. The molecule has 0 aliphatic carbocycles. The Balaban J connectivity index is 1.65. The van der Waals surface area contributed by atoms with Crippen LogP contribution in [-0.2, 0) is 0 Å². The first-order chi connectivity index (χ1) is 10.0. The molecular weight excluding hydrogens is 256 g/mol. The molecule has 0 aromatic carbocycles. The average molecular weight is 290 g/mol. The van der Waals surface area contributed by atoms with Crippen molar-refractivity contribution in [1.82, 2.24) is 9.80 Å². The summed E-state index contributed by atoms with van der Waals surface area (Å²) in [5, 5.41) is 0. The predicted molar refractivity (Wildman–Crippen MR) is 91.2 cm³/mol. The zero-order chi connectivity index (χ0) is 15.3. The van der Waals surface area contributed by atoms with Crippen LogP contribution in [-0.4, -0.2) is 49.1 Å². The highest BCUT2D eigenvalue weighted by molar-refractivity contribution is 5.06. The quantitative estimate of drug-likeness (QED) is 0.715. The summed E-state index contributed by atoms with van der Waals surface area (Å²) < 4.78 is 0. The van der Waals surface area contributed by atoms with E-state index >= 15 is 0 Å².